The summed E-state index contributed by atoms with van der Waals surface area (Å²) in [7, 11) is 0. The van der Waals surface area contributed by atoms with Gasteiger partial charge in [0.05, 0.1) is 10.3 Å². The number of nitrogens with zero attached hydrogens (tertiary/aromatic N) is 4. The van der Waals surface area contributed by atoms with Crippen molar-refractivity contribution in [1.29, 1.82) is 0 Å². The van der Waals surface area contributed by atoms with Crippen LogP contribution in [0.15, 0.2) is 60.9 Å². The van der Waals surface area contributed by atoms with Crippen LogP contribution in [0.3, 0.4) is 0 Å². The second kappa shape index (κ2) is 6.39. The maximum absolute atomic E-state index is 11.3. The van der Waals surface area contributed by atoms with Crippen molar-refractivity contribution in [2.24, 2.45) is 0 Å². The number of rotatable bonds is 3. The van der Waals surface area contributed by atoms with Gasteiger partial charge < -0.3 is 9.80 Å². The molecule has 0 bridgehead atoms. The summed E-state index contributed by atoms with van der Waals surface area (Å²) in [5, 5.41) is 12.7. The number of pyridine rings is 1. The highest BCUT2D eigenvalue weighted by molar-refractivity contribution is 5.99. The molecule has 2 heterocycles. The first-order chi connectivity index (χ1) is 12.2. The highest BCUT2D eigenvalue weighted by Gasteiger charge is 2.21. The van der Waals surface area contributed by atoms with Crippen LogP contribution in [-0.2, 0) is 0 Å². The molecule has 0 unspecified atom stereocenters. The molecule has 0 saturated carbocycles. The predicted molar refractivity (Wildman–Crippen MR) is 99.3 cm³/mol. The minimum absolute atomic E-state index is 0.106. The average Bonchev–Trinajstić information content (AvgIpc) is 2.68. The van der Waals surface area contributed by atoms with Crippen molar-refractivity contribution in [3.8, 4) is 0 Å². The van der Waals surface area contributed by atoms with Gasteiger partial charge in [-0.15, -0.1) is 0 Å². The molecule has 6 heteroatoms. The van der Waals surface area contributed by atoms with Crippen molar-refractivity contribution in [1.82, 2.24) is 4.98 Å². The van der Waals surface area contributed by atoms with Gasteiger partial charge >= 0.3 is 0 Å². The lowest BCUT2D eigenvalue weighted by atomic mass is 10.1. The lowest BCUT2D eigenvalue weighted by molar-refractivity contribution is -0.383. The molecule has 1 saturated heterocycles. The molecular formula is C19H18N4O2. The Kier molecular flexibility index (Phi) is 3.93. The molecule has 2 aromatic carbocycles. The van der Waals surface area contributed by atoms with E-state index >= 15 is 0 Å². The van der Waals surface area contributed by atoms with E-state index in [1.807, 2.05) is 18.2 Å². The monoisotopic (exact) mass is 334 g/mol. The van der Waals surface area contributed by atoms with Gasteiger partial charge in [0.15, 0.2) is 0 Å². The zero-order valence-corrected chi connectivity index (χ0v) is 13.7. The van der Waals surface area contributed by atoms with Crippen LogP contribution in [0.1, 0.15) is 0 Å². The van der Waals surface area contributed by atoms with Gasteiger partial charge in [0.2, 0.25) is 0 Å². The average molecular weight is 334 g/mol. The smallest absolute Gasteiger partial charge is 0.278 e. The Hall–Kier alpha value is -3.15. The Balaban J connectivity index is 1.62. The number of hydrogen-bond donors (Lipinski definition) is 0. The van der Waals surface area contributed by atoms with Gasteiger partial charge in [0.1, 0.15) is 0 Å². The zero-order chi connectivity index (χ0) is 17.2. The van der Waals surface area contributed by atoms with Crippen LogP contribution in [0.2, 0.25) is 0 Å². The third-order valence-corrected chi connectivity index (χ3v) is 4.71. The van der Waals surface area contributed by atoms with Gasteiger partial charge in [-0.05, 0) is 24.3 Å². The van der Waals surface area contributed by atoms with E-state index in [2.05, 4.69) is 39.0 Å². The second-order valence-corrected chi connectivity index (χ2v) is 6.09. The summed E-state index contributed by atoms with van der Waals surface area (Å²) in [4.78, 5) is 19.6. The molecular weight excluding hydrogens is 316 g/mol. The maximum Gasteiger partial charge on any atom is 0.278 e. The van der Waals surface area contributed by atoms with Crippen molar-refractivity contribution >= 4 is 27.8 Å². The second-order valence-electron chi connectivity index (χ2n) is 6.09. The summed E-state index contributed by atoms with van der Waals surface area (Å²) in [5.41, 5.74) is 2.38. The molecule has 25 heavy (non-hydrogen) atoms. The number of anilines is 2. The van der Waals surface area contributed by atoms with Crippen LogP contribution in [0.4, 0.5) is 17.1 Å². The number of hydrogen-bond acceptors (Lipinski definition) is 5. The molecule has 6 nitrogen and oxygen atoms in total. The van der Waals surface area contributed by atoms with Crippen LogP contribution < -0.4 is 9.80 Å². The summed E-state index contributed by atoms with van der Waals surface area (Å²) in [5.74, 6) is 0. The van der Waals surface area contributed by atoms with Crippen molar-refractivity contribution in [3.05, 3.63) is 71.0 Å². The highest BCUT2D eigenvalue weighted by atomic mass is 16.6. The lowest BCUT2D eigenvalue weighted by Gasteiger charge is -2.37. The van der Waals surface area contributed by atoms with Crippen molar-refractivity contribution < 1.29 is 4.92 Å². The molecule has 0 spiro atoms. The van der Waals surface area contributed by atoms with Crippen molar-refractivity contribution in [2.45, 2.75) is 0 Å². The van der Waals surface area contributed by atoms with E-state index < -0.39 is 0 Å². The van der Waals surface area contributed by atoms with E-state index in [1.165, 1.54) is 5.69 Å². The Labute approximate surface area is 145 Å². The normalized spacial score (nSPS) is 14.7. The Morgan fingerprint density at radius 3 is 2.32 bits per heavy atom. The maximum atomic E-state index is 11.3. The third-order valence-electron chi connectivity index (χ3n) is 4.71. The number of nitro benzene ring substituents is 1. The molecule has 0 radical (unpaired) electrons. The first-order valence-electron chi connectivity index (χ1n) is 8.30. The van der Waals surface area contributed by atoms with E-state index in [0.717, 1.165) is 37.3 Å². The minimum atomic E-state index is -0.346. The summed E-state index contributed by atoms with van der Waals surface area (Å²) < 4.78 is 0. The SMILES string of the molecule is O=[N+]([O-])c1ccc(N2CCN(c3ccccc3)CC2)c2ccncc12. The summed E-state index contributed by atoms with van der Waals surface area (Å²) in [6.45, 7) is 3.61. The van der Waals surface area contributed by atoms with Crippen LogP contribution in [-0.4, -0.2) is 36.1 Å². The van der Waals surface area contributed by atoms with E-state index in [4.69, 9.17) is 0 Å². The molecule has 1 aliphatic rings. The molecule has 4 rings (SSSR count). The molecule has 0 atom stereocenters. The quantitative estimate of drug-likeness (QED) is 0.542. The number of piperazine rings is 1. The fourth-order valence-corrected chi connectivity index (χ4v) is 3.44. The molecule has 3 aromatic rings. The van der Waals surface area contributed by atoms with Gasteiger partial charge in [0, 0.05) is 61.4 Å². The minimum Gasteiger partial charge on any atom is -0.368 e. The first-order valence-corrected chi connectivity index (χ1v) is 8.30. The van der Waals surface area contributed by atoms with Gasteiger partial charge in [-0.3, -0.25) is 15.1 Å². The van der Waals surface area contributed by atoms with E-state index in [0.29, 0.717) is 5.39 Å². The Bertz CT molecular complexity index is 906. The molecule has 1 fully saturated rings. The highest BCUT2D eigenvalue weighted by Crippen LogP contribution is 2.33. The van der Waals surface area contributed by atoms with Gasteiger partial charge in [-0.1, -0.05) is 18.2 Å². The Morgan fingerprint density at radius 1 is 0.880 bits per heavy atom. The molecule has 1 aromatic heterocycles. The molecule has 1 aliphatic heterocycles. The molecule has 0 N–H and O–H groups in total. The molecule has 0 amide bonds. The van der Waals surface area contributed by atoms with Crippen LogP contribution in [0.25, 0.3) is 10.8 Å². The number of non-ortho nitro benzene ring substituents is 1. The van der Waals surface area contributed by atoms with Gasteiger partial charge in [-0.25, -0.2) is 0 Å². The fraction of sp³-hybridized carbons (Fsp3) is 0.211. The summed E-state index contributed by atoms with van der Waals surface area (Å²) >= 11 is 0. The fourth-order valence-electron chi connectivity index (χ4n) is 3.44. The van der Waals surface area contributed by atoms with Crippen molar-refractivity contribution in [3.63, 3.8) is 0 Å². The third kappa shape index (κ3) is 2.87. The topological polar surface area (TPSA) is 62.5 Å². The van der Waals surface area contributed by atoms with Crippen molar-refractivity contribution in [2.75, 3.05) is 36.0 Å². The Morgan fingerprint density at radius 2 is 1.60 bits per heavy atom. The first kappa shape index (κ1) is 15.4. The molecule has 0 aliphatic carbocycles. The standard InChI is InChI=1S/C19H18N4O2/c24-23(25)19-7-6-18(16-8-9-20-14-17(16)19)22-12-10-21(11-13-22)15-4-2-1-3-5-15/h1-9,14H,10-13H2. The summed E-state index contributed by atoms with van der Waals surface area (Å²) in [6, 6.07) is 15.7. The van der Waals surface area contributed by atoms with E-state index in [1.54, 1.807) is 18.5 Å². The number of fused-ring (bicyclic) bond motifs is 1. The predicted octanol–water partition coefficient (Wildman–Crippen LogP) is 3.47. The largest absolute Gasteiger partial charge is 0.368 e. The number of nitro groups is 1. The van der Waals surface area contributed by atoms with Gasteiger partial charge in [-0.2, -0.15) is 0 Å². The van der Waals surface area contributed by atoms with Crippen LogP contribution in [0.5, 0.6) is 0 Å². The number of benzene rings is 2. The number of para-hydroxylation sites is 1. The van der Waals surface area contributed by atoms with Gasteiger partial charge in [0.25, 0.3) is 5.69 Å². The van der Waals surface area contributed by atoms with E-state index in [-0.39, 0.29) is 10.6 Å². The lowest BCUT2D eigenvalue weighted by Crippen LogP contribution is -2.46. The van der Waals surface area contributed by atoms with Crippen LogP contribution in [0, 0.1) is 10.1 Å². The molecule has 126 valence electrons. The van der Waals surface area contributed by atoms with E-state index in [9.17, 15) is 10.1 Å². The van der Waals surface area contributed by atoms with Crippen LogP contribution >= 0.6 is 0 Å². The zero-order valence-electron chi connectivity index (χ0n) is 13.7. The summed E-state index contributed by atoms with van der Waals surface area (Å²) in [6.07, 6.45) is 3.27. The number of aromatic nitrogens is 1.